The van der Waals surface area contributed by atoms with Crippen LogP contribution < -0.4 is 14.5 Å². The number of aryl methyl sites for hydroxylation is 1. The Morgan fingerprint density at radius 1 is 1.22 bits per heavy atom. The lowest BCUT2D eigenvalue weighted by Gasteiger charge is -2.31. The van der Waals surface area contributed by atoms with Crippen molar-refractivity contribution in [2.75, 3.05) is 56.3 Å². The molecule has 11 heteroatoms. The van der Waals surface area contributed by atoms with Crippen molar-refractivity contribution >= 4 is 28.2 Å². The number of fused-ring (bicyclic) bond motifs is 2. The van der Waals surface area contributed by atoms with E-state index in [0.29, 0.717) is 84.8 Å². The molecule has 0 radical (unpaired) electrons. The van der Waals surface area contributed by atoms with Gasteiger partial charge in [-0.25, -0.2) is 4.39 Å². The molecule has 3 aromatic rings. The van der Waals surface area contributed by atoms with Crippen LogP contribution in [0.3, 0.4) is 0 Å². The summed E-state index contributed by atoms with van der Waals surface area (Å²) in [6.45, 7) is 7.20. The fourth-order valence-electron chi connectivity index (χ4n) is 6.30. The zero-order valence-electron chi connectivity index (χ0n) is 23.7. The number of β-amino-alcohol motifs (C(OH)–C–C–N with tert-alkyl or cyclic N) is 1. The van der Waals surface area contributed by atoms with Gasteiger partial charge in [0, 0.05) is 37.7 Å². The summed E-state index contributed by atoms with van der Waals surface area (Å²) in [6.07, 6.45) is 1.35. The van der Waals surface area contributed by atoms with E-state index >= 15 is 0 Å². The van der Waals surface area contributed by atoms with Gasteiger partial charge in [0.25, 0.3) is 5.91 Å². The van der Waals surface area contributed by atoms with Crippen molar-refractivity contribution in [1.82, 2.24) is 14.9 Å². The largest absolute Gasteiger partial charge is 0.508 e. The lowest BCUT2D eigenvalue weighted by atomic mass is 9.99. The van der Waals surface area contributed by atoms with E-state index in [1.165, 1.54) is 12.1 Å². The van der Waals surface area contributed by atoms with E-state index in [-0.39, 0.29) is 42.2 Å². The molecule has 0 saturated carbocycles. The Morgan fingerprint density at radius 2 is 2.05 bits per heavy atom. The molecule has 41 heavy (non-hydrogen) atoms. The number of nitrogens with zero attached hydrogens (tertiary/aromatic N) is 5. The smallest absolute Gasteiger partial charge is 0.318 e. The van der Waals surface area contributed by atoms with Crippen molar-refractivity contribution in [3.8, 4) is 11.8 Å². The third-order valence-corrected chi connectivity index (χ3v) is 8.60. The molecule has 2 N–H and O–H groups in total. The van der Waals surface area contributed by atoms with Gasteiger partial charge in [0.05, 0.1) is 36.2 Å². The van der Waals surface area contributed by atoms with Crippen LogP contribution >= 0.6 is 0 Å². The summed E-state index contributed by atoms with van der Waals surface area (Å²) in [5, 5.41) is 22.0. The van der Waals surface area contributed by atoms with Crippen molar-refractivity contribution in [2.24, 2.45) is 0 Å². The van der Waals surface area contributed by atoms with Crippen LogP contribution in [0.15, 0.2) is 24.3 Å². The highest BCUT2D eigenvalue weighted by atomic mass is 19.1. The number of aromatic nitrogens is 2. The topological polar surface area (TPSA) is 111 Å². The second-order valence-electron chi connectivity index (χ2n) is 11.5. The van der Waals surface area contributed by atoms with Gasteiger partial charge in [-0.3, -0.25) is 9.69 Å². The zero-order valence-corrected chi connectivity index (χ0v) is 23.7. The number of carbonyl (C=O) groups is 1. The number of aliphatic hydroxyl groups is 1. The number of likely N-dealkylation sites (tertiary alicyclic amines) is 1. The monoisotopic (exact) mass is 565 g/mol. The van der Waals surface area contributed by atoms with Crippen LogP contribution in [0.2, 0.25) is 0 Å². The van der Waals surface area contributed by atoms with Gasteiger partial charge in [-0.2, -0.15) is 9.97 Å². The summed E-state index contributed by atoms with van der Waals surface area (Å²) in [5.74, 6) is -0.191. The molecule has 2 atom stereocenters. The maximum Gasteiger partial charge on any atom is 0.318 e. The molecule has 0 aliphatic carbocycles. The van der Waals surface area contributed by atoms with Crippen LogP contribution in [-0.2, 0) is 17.7 Å². The van der Waals surface area contributed by atoms with E-state index in [1.807, 2.05) is 25.8 Å². The molecule has 10 nitrogen and oxygen atoms in total. The molecule has 3 aliphatic heterocycles. The van der Waals surface area contributed by atoms with Crippen molar-refractivity contribution < 1.29 is 28.9 Å². The predicted octanol–water partition coefficient (Wildman–Crippen LogP) is 3.26. The number of hydrogen-bond donors (Lipinski definition) is 2. The molecular formula is C30H36FN5O5. The molecule has 0 bridgehead atoms. The summed E-state index contributed by atoms with van der Waals surface area (Å²) >= 11 is 0. The first-order chi connectivity index (χ1) is 19.7. The first-order valence-electron chi connectivity index (χ1n) is 14.2. The number of phenolic OH excluding ortho intramolecular Hbond substituents is 1. The number of benzene rings is 2. The van der Waals surface area contributed by atoms with Crippen LogP contribution in [-0.4, -0.2) is 89.1 Å². The Kier molecular flexibility index (Phi) is 7.21. The third-order valence-electron chi connectivity index (χ3n) is 8.60. The number of anilines is 2. The molecule has 6 rings (SSSR count). The molecule has 2 unspecified atom stereocenters. The normalized spacial score (nSPS) is 23.3. The van der Waals surface area contributed by atoms with Gasteiger partial charge >= 0.3 is 6.01 Å². The van der Waals surface area contributed by atoms with E-state index in [9.17, 15) is 19.4 Å². The van der Waals surface area contributed by atoms with Gasteiger partial charge in [0.2, 0.25) is 0 Å². The Labute approximate surface area is 238 Å². The van der Waals surface area contributed by atoms with Gasteiger partial charge in [0.15, 0.2) is 0 Å². The maximum absolute atomic E-state index is 14.9. The van der Waals surface area contributed by atoms with Crippen LogP contribution in [0.4, 0.5) is 15.9 Å². The number of aliphatic hydroxyl groups excluding tert-OH is 1. The number of likely N-dealkylation sites (N-methyl/N-ethyl adjacent to an activating group) is 1. The van der Waals surface area contributed by atoms with Crippen molar-refractivity contribution in [3.05, 3.63) is 46.9 Å². The average molecular weight is 566 g/mol. The van der Waals surface area contributed by atoms with Crippen LogP contribution in [0.1, 0.15) is 48.3 Å². The molecule has 1 aromatic heterocycles. The van der Waals surface area contributed by atoms with Crippen LogP contribution in [0.5, 0.6) is 11.8 Å². The maximum atomic E-state index is 14.9. The van der Waals surface area contributed by atoms with E-state index < -0.39 is 6.10 Å². The highest BCUT2D eigenvalue weighted by Crippen LogP contribution is 2.41. The zero-order chi connectivity index (χ0) is 28.9. The Balaban J connectivity index is 1.42. The highest BCUT2D eigenvalue weighted by Gasteiger charge is 2.41. The fourth-order valence-corrected chi connectivity index (χ4v) is 6.30. The molecule has 0 spiro atoms. The van der Waals surface area contributed by atoms with E-state index in [2.05, 4.69) is 9.88 Å². The van der Waals surface area contributed by atoms with E-state index in [1.54, 1.807) is 17.0 Å². The minimum absolute atomic E-state index is 0.0129. The van der Waals surface area contributed by atoms with Gasteiger partial charge in [0.1, 0.15) is 29.6 Å². The number of amides is 1. The molecule has 4 heterocycles. The standard InChI is InChI=1S/C30H36FN5O5/c1-4-21-22(31)7-6-18-12-19(37)13-24(25(18)21)36-16-23-26(28(36)39)27(35-8-5-10-40-11-9-35)33-29(32-23)41-17-30(2)14-20(38)15-34(30)3/h6-7,12-13,20,37-38H,4-5,8-11,14-17H2,1-3H3. The number of ether oxygens (including phenoxy) is 2. The summed E-state index contributed by atoms with van der Waals surface area (Å²) in [7, 11) is 1.95. The Hall–Kier alpha value is -3.54. The average Bonchev–Trinajstić information content (AvgIpc) is 3.24. The number of aromatic hydroxyl groups is 1. The lowest BCUT2D eigenvalue weighted by Crippen LogP contribution is -2.43. The number of hydrogen-bond acceptors (Lipinski definition) is 9. The molecule has 3 aliphatic rings. The summed E-state index contributed by atoms with van der Waals surface area (Å²) in [4.78, 5) is 29.2. The first kappa shape index (κ1) is 27.6. The van der Waals surface area contributed by atoms with E-state index in [0.717, 1.165) is 6.42 Å². The molecule has 2 fully saturated rings. The second-order valence-corrected chi connectivity index (χ2v) is 11.5. The SMILES string of the molecule is CCc1c(F)ccc2cc(O)cc(N3Cc4nc(OCC5(C)CC(O)CN5C)nc(N5CCCOCC5)c4C3=O)c12. The molecule has 1 amide bonds. The van der Waals surface area contributed by atoms with Crippen LogP contribution in [0.25, 0.3) is 10.8 Å². The van der Waals surface area contributed by atoms with Crippen molar-refractivity contribution in [2.45, 2.75) is 51.3 Å². The van der Waals surface area contributed by atoms with Crippen molar-refractivity contribution in [3.63, 3.8) is 0 Å². The number of phenols is 1. The molecule has 218 valence electrons. The fraction of sp³-hybridized carbons (Fsp3) is 0.500. The Morgan fingerprint density at radius 3 is 2.80 bits per heavy atom. The first-order valence-corrected chi connectivity index (χ1v) is 14.2. The van der Waals surface area contributed by atoms with Gasteiger partial charge in [-0.15, -0.1) is 0 Å². The lowest BCUT2D eigenvalue weighted by molar-refractivity contribution is 0.0995. The van der Waals surface area contributed by atoms with E-state index in [4.69, 9.17) is 14.5 Å². The number of carbonyl (C=O) groups excluding carboxylic acids is 1. The van der Waals surface area contributed by atoms with Gasteiger partial charge in [-0.05, 0) is 56.3 Å². The Bertz CT molecular complexity index is 1490. The number of halogens is 1. The van der Waals surface area contributed by atoms with Crippen molar-refractivity contribution in [1.29, 1.82) is 0 Å². The summed E-state index contributed by atoms with van der Waals surface area (Å²) in [6, 6.07) is 6.26. The molecule has 2 saturated heterocycles. The number of rotatable bonds is 6. The van der Waals surface area contributed by atoms with Gasteiger partial charge in [-0.1, -0.05) is 13.0 Å². The predicted molar refractivity (Wildman–Crippen MR) is 152 cm³/mol. The molecule has 2 aromatic carbocycles. The van der Waals surface area contributed by atoms with Crippen LogP contribution in [0, 0.1) is 5.82 Å². The minimum Gasteiger partial charge on any atom is -0.508 e. The quantitative estimate of drug-likeness (QED) is 0.465. The highest BCUT2D eigenvalue weighted by molar-refractivity contribution is 6.16. The summed E-state index contributed by atoms with van der Waals surface area (Å²) in [5.41, 5.74) is 1.42. The second kappa shape index (κ2) is 10.7. The summed E-state index contributed by atoms with van der Waals surface area (Å²) < 4.78 is 26.7. The molecular weight excluding hydrogens is 529 g/mol. The minimum atomic E-state index is -0.427. The third kappa shape index (κ3) is 4.96. The van der Waals surface area contributed by atoms with Gasteiger partial charge < -0.3 is 29.5 Å².